The molecule has 1 amide bonds. The van der Waals surface area contributed by atoms with E-state index in [-0.39, 0.29) is 0 Å². The molecule has 0 aromatic heterocycles. The highest BCUT2D eigenvalue weighted by atomic mass is 32.2. The van der Waals surface area contributed by atoms with Crippen LogP contribution in [-0.2, 0) is 38.2 Å². The third kappa shape index (κ3) is 4.48. The Morgan fingerprint density at radius 2 is 1.72 bits per heavy atom. The van der Waals surface area contributed by atoms with Gasteiger partial charge < -0.3 is 14.4 Å². The van der Waals surface area contributed by atoms with E-state index in [0.717, 1.165) is 16.7 Å². The maximum atomic E-state index is 12.5. The highest BCUT2D eigenvalue weighted by Gasteiger charge is 2.67. The van der Waals surface area contributed by atoms with Crippen LogP contribution in [0.4, 0.5) is 13.2 Å². The molecule has 0 saturated carbocycles. The average Bonchev–Trinajstić information content (AvgIpc) is 2.78. The van der Waals surface area contributed by atoms with Crippen molar-refractivity contribution >= 4 is 39.7 Å². The standard InChI is InChI=1S/C15H20F3NO8S2/c1-13(2,3)12(22)26-6-25-11(21)8-14(4,5)28-10-7(9(20)19(8)10)27-29(23,24)15(16,17)18/h7-8,10H,6H2,1-5H3/t7-,8-,10+/m0/s1. The van der Waals surface area contributed by atoms with Crippen LogP contribution in [0.1, 0.15) is 34.6 Å². The van der Waals surface area contributed by atoms with Crippen molar-refractivity contribution in [1.82, 2.24) is 4.90 Å². The molecule has 2 saturated heterocycles. The van der Waals surface area contributed by atoms with Gasteiger partial charge in [0.1, 0.15) is 11.4 Å². The van der Waals surface area contributed by atoms with Gasteiger partial charge in [0, 0.05) is 4.75 Å². The van der Waals surface area contributed by atoms with Crippen molar-refractivity contribution in [1.29, 1.82) is 0 Å². The fraction of sp³-hybridized carbons (Fsp3) is 0.800. The Hall–Kier alpha value is -1.54. The Morgan fingerprint density at radius 1 is 1.17 bits per heavy atom. The first-order chi connectivity index (χ1) is 12.9. The SMILES string of the molecule is CC(C)(C)C(=O)OCOC(=O)[C@@H]1N2C(=O)[C@H](OS(=O)(=O)C(F)(F)F)[C@H]2SC1(C)C. The normalized spacial score (nSPS) is 26.6. The topological polar surface area (TPSA) is 116 Å². The second-order valence-corrected chi connectivity index (χ2v) is 11.3. The molecule has 2 aliphatic rings. The summed E-state index contributed by atoms with van der Waals surface area (Å²) < 4.78 is 72.6. The summed E-state index contributed by atoms with van der Waals surface area (Å²) in [5.74, 6) is -2.67. The summed E-state index contributed by atoms with van der Waals surface area (Å²) in [6.45, 7) is 7.13. The molecule has 0 spiro atoms. The van der Waals surface area contributed by atoms with E-state index in [4.69, 9.17) is 9.47 Å². The van der Waals surface area contributed by atoms with Crippen LogP contribution in [0, 0.1) is 5.41 Å². The quantitative estimate of drug-likeness (QED) is 0.196. The predicted molar refractivity (Wildman–Crippen MR) is 92.4 cm³/mol. The van der Waals surface area contributed by atoms with E-state index in [1.54, 1.807) is 20.8 Å². The number of halogens is 3. The Bertz CT molecular complexity index is 818. The van der Waals surface area contributed by atoms with E-state index in [1.165, 1.54) is 13.8 Å². The first-order valence-corrected chi connectivity index (χ1v) is 10.5. The zero-order valence-corrected chi connectivity index (χ0v) is 17.7. The number of hydrogen-bond donors (Lipinski definition) is 0. The summed E-state index contributed by atoms with van der Waals surface area (Å²) in [6.07, 6.45) is -1.90. The number of hydrogen-bond acceptors (Lipinski definition) is 9. The van der Waals surface area contributed by atoms with Gasteiger partial charge in [0.05, 0.1) is 5.41 Å². The molecular formula is C15H20F3NO8S2. The molecule has 0 N–H and O–H groups in total. The molecule has 14 heteroatoms. The number of carbonyl (C=O) groups excluding carboxylic acids is 3. The van der Waals surface area contributed by atoms with Crippen LogP contribution in [0.5, 0.6) is 0 Å². The lowest BCUT2D eigenvalue weighted by Gasteiger charge is -2.42. The molecule has 2 fully saturated rings. The Labute approximate surface area is 169 Å². The second-order valence-electron chi connectivity index (χ2n) is 7.94. The number of fused-ring (bicyclic) bond motifs is 1. The number of rotatable bonds is 5. The van der Waals surface area contributed by atoms with Crippen LogP contribution in [0.25, 0.3) is 0 Å². The number of amides is 1. The van der Waals surface area contributed by atoms with Crippen molar-refractivity contribution in [3.05, 3.63) is 0 Å². The lowest BCUT2D eigenvalue weighted by atomic mass is 9.97. The Kier molecular flexibility index (Phi) is 5.98. The van der Waals surface area contributed by atoms with E-state index in [9.17, 15) is 36.0 Å². The van der Waals surface area contributed by atoms with Gasteiger partial charge in [0.2, 0.25) is 6.79 Å². The van der Waals surface area contributed by atoms with Gasteiger partial charge in [-0.05, 0) is 34.6 Å². The largest absolute Gasteiger partial charge is 0.523 e. The summed E-state index contributed by atoms with van der Waals surface area (Å²) in [6, 6.07) is -1.23. The maximum absolute atomic E-state index is 12.5. The molecule has 0 aliphatic carbocycles. The fourth-order valence-corrected chi connectivity index (χ4v) is 4.91. The molecule has 0 radical (unpaired) electrons. The number of carbonyl (C=O) groups is 3. The van der Waals surface area contributed by atoms with E-state index in [1.807, 2.05) is 0 Å². The van der Waals surface area contributed by atoms with E-state index >= 15 is 0 Å². The number of nitrogens with zero attached hydrogens (tertiary/aromatic N) is 1. The van der Waals surface area contributed by atoms with Gasteiger partial charge in [0.25, 0.3) is 5.91 Å². The zero-order valence-electron chi connectivity index (χ0n) is 16.1. The Morgan fingerprint density at radius 3 is 2.21 bits per heavy atom. The van der Waals surface area contributed by atoms with Crippen LogP contribution in [0.15, 0.2) is 0 Å². The van der Waals surface area contributed by atoms with Crippen LogP contribution in [0.3, 0.4) is 0 Å². The number of β-lactam (4-membered cyclic amide) rings is 1. The predicted octanol–water partition coefficient (Wildman–Crippen LogP) is 1.37. The minimum Gasteiger partial charge on any atom is -0.427 e. The van der Waals surface area contributed by atoms with E-state index in [2.05, 4.69) is 4.18 Å². The molecule has 0 bridgehead atoms. The molecular weight excluding hydrogens is 443 g/mol. The monoisotopic (exact) mass is 463 g/mol. The summed E-state index contributed by atoms with van der Waals surface area (Å²) in [5, 5.41) is -1.12. The number of esters is 2. The van der Waals surface area contributed by atoms with Gasteiger partial charge in [-0.15, -0.1) is 11.8 Å². The molecule has 0 unspecified atom stereocenters. The zero-order chi connectivity index (χ0) is 22.6. The highest BCUT2D eigenvalue weighted by molar-refractivity contribution is 8.01. The van der Waals surface area contributed by atoms with Gasteiger partial charge in [-0.3, -0.25) is 9.59 Å². The average molecular weight is 463 g/mol. The molecule has 0 aromatic carbocycles. The van der Waals surface area contributed by atoms with Gasteiger partial charge >= 0.3 is 27.6 Å². The van der Waals surface area contributed by atoms with E-state index in [0.29, 0.717) is 0 Å². The van der Waals surface area contributed by atoms with Crippen molar-refractivity contribution in [2.75, 3.05) is 6.79 Å². The van der Waals surface area contributed by atoms with Crippen LogP contribution in [-0.4, -0.2) is 65.7 Å². The van der Waals surface area contributed by atoms with Crippen LogP contribution in [0.2, 0.25) is 0 Å². The van der Waals surface area contributed by atoms with Crippen LogP contribution >= 0.6 is 11.8 Å². The Balaban J connectivity index is 2.06. The third-order valence-corrected chi connectivity index (χ3v) is 6.71. The summed E-state index contributed by atoms with van der Waals surface area (Å²) in [5.41, 5.74) is -6.51. The van der Waals surface area contributed by atoms with E-state index < -0.39 is 67.9 Å². The first kappa shape index (κ1) is 23.7. The van der Waals surface area contributed by atoms with Gasteiger partial charge in [-0.25, -0.2) is 8.98 Å². The first-order valence-electron chi connectivity index (χ1n) is 8.23. The number of thioether (sulfide) groups is 1. The molecule has 0 aromatic rings. The summed E-state index contributed by atoms with van der Waals surface area (Å²) in [7, 11) is -5.98. The van der Waals surface area contributed by atoms with Gasteiger partial charge in [-0.2, -0.15) is 21.6 Å². The van der Waals surface area contributed by atoms with Crippen molar-refractivity contribution in [3.63, 3.8) is 0 Å². The molecule has 29 heavy (non-hydrogen) atoms. The van der Waals surface area contributed by atoms with Crippen molar-refractivity contribution in [3.8, 4) is 0 Å². The third-order valence-electron chi connectivity index (χ3n) is 4.13. The molecule has 2 aliphatic heterocycles. The lowest BCUT2D eigenvalue weighted by molar-refractivity contribution is -0.182. The lowest BCUT2D eigenvalue weighted by Crippen LogP contribution is -2.67. The van der Waals surface area contributed by atoms with Crippen LogP contribution < -0.4 is 0 Å². The summed E-state index contributed by atoms with van der Waals surface area (Å²) >= 11 is 0.901. The minimum absolute atomic E-state index is 0.630. The van der Waals surface area contributed by atoms with Crippen molar-refractivity contribution in [2.45, 2.75) is 62.4 Å². The summed E-state index contributed by atoms with van der Waals surface area (Å²) in [4.78, 5) is 37.2. The number of ether oxygens (including phenoxy) is 2. The molecule has 9 nitrogen and oxygen atoms in total. The second kappa shape index (κ2) is 7.30. The fourth-order valence-electron chi connectivity index (χ4n) is 2.67. The van der Waals surface area contributed by atoms with Gasteiger partial charge in [0.15, 0.2) is 6.10 Å². The number of alkyl halides is 3. The molecule has 2 heterocycles. The smallest absolute Gasteiger partial charge is 0.427 e. The maximum Gasteiger partial charge on any atom is 0.523 e. The van der Waals surface area contributed by atoms with Gasteiger partial charge in [-0.1, -0.05) is 0 Å². The molecule has 3 atom stereocenters. The highest BCUT2D eigenvalue weighted by Crippen LogP contribution is 2.52. The molecule has 2 rings (SSSR count). The minimum atomic E-state index is -5.98. The van der Waals surface area contributed by atoms with Crippen molar-refractivity contribution < 1.29 is 49.6 Å². The van der Waals surface area contributed by atoms with Crippen molar-refractivity contribution in [2.24, 2.45) is 5.41 Å². The molecule has 166 valence electrons.